The van der Waals surface area contributed by atoms with Gasteiger partial charge in [0, 0.05) is 17.7 Å². The lowest BCUT2D eigenvalue weighted by Gasteiger charge is -2.32. The van der Waals surface area contributed by atoms with Crippen LogP contribution < -0.4 is 4.90 Å². The lowest BCUT2D eigenvalue weighted by atomic mass is 9.92. The summed E-state index contributed by atoms with van der Waals surface area (Å²) in [6.07, 6.45) is 18.2. The molecular weight excluding hydrogens is 476 g/mol. The first-order chi connectivity index (χ1) is 18.6. The van der Waals surface area contributed by atoms with Gasteiger partial charge in [-0.25, -0.2) is 9.80 Å². The van der Waals surface area contributed by atoms with Crippen molar-refractivity contribution >= 4 is 28.8 Å². The second-order valence-electron chi connectivity index (χ2n) is 10.8. The SMILES string of the molecule is O=C1N(c2ccc([N+](=O)[O-])cc2)c2ccccc2C(C=C2CCCCC2)=NN1C1CCCCCCCCC1. The van der Waals surface area contributed by atoms with Gasteiger partial charge in [-0.15, -0.1) is 0 Å². The molecule has 2 amide bonds. The standard InChI is InChI=1S/C31H38N4O3/c36-31-33(25-19-21-27(22-20-25)35(37)38)30-18-12-11-17-28(30)29(23-24-13-7-6-8-14-24)32-34(31)26-15-9-4-2-1-3-5-10-16-26/h11-12,17-23,26H,1-10,13-16H2. The number of nitro benzene ring substituents is 1. The minimum absolute atomic E-state index is 0.00691. The number of rotatable bonds is 4. The van der Waals surface area contributed by atoms with E-state index in [4.69, 9.17) is 5.10 Å². The van der Waals surface area contributed by atoms with Gasteiger partial charge < -0.3 is 0 Å². The first kappa shape index (κ1) is 26.1. The first-order valence-corrected chi connectivity index (χ1v) is 14.4. The lowest BCUT2D eigenvalue weighted by Crippen LogP contribution is -2.43. The number of hydrogen-bond acceptors (Lipinski definition) is 4. The molecule has 5 rings (SSSR count). The van der Waals surface area contributed by atoms with Crippen molar-refractivity contribution in [3.8, 4) is 0 Å². The molecule has 1 heterocycles. The molecule has 7 heteroatoms. The van der Waals surface area contributed by atoms with E-state index in [0.29, 0.717) is 5.69 Å². The average Bonchev–Trinajstić information content (AvgIpc) is 3.06. The Hall–Kier alpha value is -3.48. The van der Waals surface area contributed by atoms with Crippen molar-refractivity contribution in [1.82, 2.24) is 5.01 Å². The lowest BCUT2D eigenvalue weighted by molar-refractivity contribution is -0.384. The Morgan fingerprint density at radius 1 is 0.816 bits per heavy atom. The molecule has 2 aromatic carbocycles. The van der Waals surface area contributed by atoms with E-state index in [9.17, 15) is 14.9 Å². The van der Waals surface area contributed by atoms with Crippen molar-refractivity contribution in [1.29, 1.82) is 0 Å². The van der Waals surface area contributed by atoms with Crippen LogP contribution in [0.3, 0.4) is 0 Å². The number of allylic oxidation sites excluding steroid dienone is 2. The highest BCUT2D eigenvalue weighted by atomic mass is 16.6. The van der Waals surface area contributed by atoms with Crippen LogP contribution in [0.15, 0.2) is 65.3 Å². The average molecular weight is 515 g/mol. The van der Waals surface area contributed by atoms with Crippen molar-refractivity contribution in [2.45, 2.75) is 95.9 Å². The van der Waals surface area contributed by atoms with Gasteiger partial charge in [0.05, 0.1) is 28.1 Å². The number of carbonyl (C=O) groups excluding carboxylic acids is 1. The summed E-state index contributed by atoms with van der Waals surface area (Å²) in [6.45, 7) is 0. The van der Waals surface area contributed by atoms with Gasteiger partial charge in [-0.2, -0.15) is 5.10 Å². The highest BCUT2D eigenvalue weighted by molar-refractivity contribution is 6.17. The van der Waals surface area contributed by atoms with Crippen molar-refractivity contribution < 1.29 is 9.72 Å². The highest BCUT2D eigenvalue weighted by Gasteiger charge is 2.34. The highest BCUT2D eigenvalue weighted by Crippen LogP contribution is 2.36. The normalized spacial score (nSPS) is 19.8. The summed E-state index contributed by atoms with van der Waals surface area (Å²) in [4.78, 5) is 27.0. The zero-order valence-electron chi connectivity index (χ0n) is 22.2. The van der Waals surface area contributed by atoms with E-state index in [1.54, 1.807) is 22.0 Å². The molecule has 1 aliphatic heterocycles. The van der Waals surface area contributed by atoms with Crippen LogP contribution in [0.2, 0.25) is 0 Å². The smallest absolute Gasteiger partial charge is 0.261 e. The van der Waals surface area contributed by atoms with Crippen molar-refractivity contribution in [2.75, 3.05) is 4.90 Å². The Labute approximate surface area is 225 Å². The monoisotopic (exact) mass is 514 g/mol. The van der Waals surface area contributed by atoms with Crippen LogP contribution in [0.4, 0.5) is 21.9 Å². The van der Waals surface area contributed by atoms with E-state index in [2.05, 4.69) is 6.08 Å². The molecule has 2 aromatic rings. The third-order valence-electron chi connectivity index (χ3n) is 8.10. The van der Waals surface area contributed by atoms with Gasteiger partial charge in [-0.1, -0.05) is 75.1 Å². The van der Waals surface area contributed by atoms with Crippen LogP contribution in [0.1, 0.15) is 95.5 Å². The van der Waals surface area contributed by atoms with E-state index < -0.39 is 4.92 Å². The molecule has 0 spiro atoms. The Balaban J connectivity index is 1.60. The molecular formula is C31H38N4O3. The van der Waals surface area contributed by atoms with Crippen LogP contribution in [0, 0.1) is 10.1 Å². The predicted octanol–water partition coefficient (Wildman–Crippen LogP) is 8.66. The van der Waals surface area contributed by atoms with Crippen molar-refractivity contribution in [3.63, 3.8) is 0 Å². The number of para-hydroxylation sites is 1. The van der Waals surface area contributed by atoms with Gasteiger partial charge in [0.15, 0.2) is 0 Å². The van der Waals surface area contributed by atoms with Crippen molar-refractivity contribution in [3.05, 3.63) is 75.9 Å². The predicted molar refractivity (Wildman–Crippen MR) is 152 cm³/mol. The number of non-ortho nitro benzene ring substituents is 1. The maximum absolute atomic E-state index is 14.4. The Kier molecular flexibility index (Phi) is 8.51. The van der Waals surface area contributed by atoms with E-state index in [1.807, 2.05) is 24.3 Å². The molecule has 0 atom stereocenters. The number of nitrogens with zero attached hydrogens (tertiary/aromatic N) is 4. The van der Waals surface area contributed by atoms with E-state index >= 15 is 0 Å². The molecule has 2 fully saturated rings. The Bertz CT molecular complexity index is 1190. The second kappa shape index (κ2) is 12.4. The van der Waals surface area contributed by atoms with E-state index in [1.165, 1.54) is 69.1 Å². The molecule has 0 unspecified atom stereocenters. The zero-order chi connectivity index (χ0) is 26.3. The molecule has 2 saturated carbocycles. The molecule has 7 nitrogen and oxygen atoms in total. The molecule has 200 valence electrons. The number of nitro groups is 1. The minimum Gasteiger partial charge on any atom is -0.261 e. The molecule has 38 heavy (non-hydrogen) atoms. The number of benzene rings is 2. The summed E-state index contributed by atoms with van der Waals surface area (Å²) >= 11 is 0. The summed E-state index contributed by atoms with van der Waals surface area (Å²) in [7, 11) is 0. The van der Waals surface area contributed by atoms with Gasteiger partial charge in [0.25, 0.3) is 5.69 Å². The Morgan fingerprint density at radius 3 is 2.08 bits per heavy atom. The number of anilines is 2. The second-order valence-corrected chi connectivity index (χ2v) is 10.8. The van der Waals surface area contributed by atoms with Gasteiger partial charge in [0.2, 0.25) is 0 Å². The number of hydrogen-bond donors (Lipinski definition) is 0. The van der Waals surface area contributed by atoms with Crippen LogP contribution >= 0.6 is 0 Å². The van der Waals surface area contributed by atoms with Gasteiger partial charge in [-0.05, 0) is 62.8 Å². The first-order valence-electron chi connectivity index (χ1n) is 14.4. The summed E-state index contributed by atoms with van der Waals surface area (Å²) in [6, 6.07) is 14.0. The molecule has 2 aliphatic carbocycles. The molecule has 0 bridgehead atoms. The summed E-state index contributed by atoms with van der Waals surface area (Å²) < 4.78 is 0. The Morgan fingerprint density at radius 2 is 1.42 bits per heavy atom. The van der Waals surface area contributed by atoms with Crippen LogP contribution in [-0.2, 0) is 0 Å². The van der Waals surface area contributed by atoms with Crippen LogP contribution in [0.25, 0.3) is 0 Å². The summed E-state index contributed by atoms with van der Waals surface area (Å²) in [5.74, 6) is 0. The third kappa shape index (κ3) is 5.98. The van der Waals surface area contributed by atoms with Gasteiger partial charge >= 0.3 is 6.03 Å². The fraction of sp³-hybridized carbons (Fsp3) is 0.484. The molecule has 0 saturated heterocycles. The molecule has 0 radical (unpaired) electrons. The number of urea groups is 1. The fourth-order valence-corrected chi connectivity index (χ4v) is 6.00. The fourth-order valence-electron chi connectivity index (χ4n) is 6.00. The van der Waals surface area contributed by atoms with E-state index in [0.717, 1.165) is 55.5 Å². The topological polar surface area (TPSA) is 79.0 Å². The third-order valence-corrected chi connectivity index (χ3v) is 8.10. The van der Waals surface area contributed by atoms with Gasteiger partial charge in [-0.3, -0.25) is 15.0 Å². The number of carbonyl (C=O) groups is 1. The molecule has 3 aliphatic rings. The van der Waals surface area contributed by atoms with Gasteiger partial charge in [0.1, 0.15) is 0 Å². The maximum atomic E-state index is 14.4. The largest absolute Gasteiger partial charge is 0.349 e. The molecule has 0 aromatic heterocycles. The minimum atomic E-state index is -0.411. The number of fused-ring (bicyclic) bond motifs is 1. The van der Waals surface area contributed by atoms with Crippen LogP contribution in [-0.4, -0.2) is 27.7 Å². The number of hydrazone groups is 1. The summed E-state index contributed by atoms with van der Waals surface area (Å²) in [5, 5.41) is 18.2. The van der Waals surface area contributed by atoms with E-state index in [-0.39, 0.29) is 17.8 Å². The van der Waals surface area contributed by atoms with Crippen LogP contribution in [0.5, 0.6) is 0 Å². The van der Waals surface area contributed by atoms with Crippen molar-refractivity contribution in [2.24, 2.45) is 5.10 Å². The zero-order valence-corrected chi connectivity index (χ0v) is 22.2. The quantitative estimate of drug-likeness (QED) is 0.302. The number of amides is 2. The summed E-state index contributed by atoms with van der Waals surface area (Å²) in [5.41, 5.74) is 4.53. The maximum Gasteiger partial charge on any atom is 0.349 e. The molecule has 0 N–H and O–H groups in total.